The first-order valence-electron chi connectivity index (χ1n) is 5.40. The van der Waals surface area contributed by atoms with Crippen molar-refractivity contribution in [3.05, 3.63) is 41.7 Å². The summed E-state index contributed by atoms with van der Waals surface area (Å²) in [7, 11) is 1.63. The molecule has 18 heavy (non-hydrogen) atoms. The molecule has 6 nitrogen and oxygen atoms in total. The van der Waals surface area contributed by atoms with E-state index in [9.17, 15) is 4.79 Å². The lowest BCUT2D eigenvalue weighted by molar-refractivity contribution is -0.136. The van der Waals surface area contributed by atoms with Crippen molar-refractivity contribution in [2.24, 2.45) is 0 Å². The minimum absolute atomic E-state index is 0.127. The average Bonchev–Trinajstić information content (AvgIpc) is 2.77. The molecular formula is C12H13N3O3. The van der Waals surface area contributed by atoms with Crippen molar-refractivity contribution in [1.82, 2.24) is 15.0 Å². The van der Waals surface area contributed by atoms with Gasteiger partial charge in [0.2, 0.25) is 0 Å². The summed E-state index contributed by atoms with van der Waals surface area (Å²) in [5.74, 6) is -0.921. The van der Waals surface area contributed by atoms with E-state index in [1.54, 1.807) is 18.0 Å². The van der Waals surface area contributed by atoms with E-state index in [-0.39, 0.29) is 6.42 Å². The van der Waals surface area contributed by atoms with Gasteiger partial charge in [-0.2, -0.15) is 0 Å². The molecule has 2 aromatic rings. The van der Waals surface area contributed by atoms with Crippen LogP contribution in [-0.2, 0) is 22.6 Å². The van der Waals surface area contributed by atoms with Crippen LogP contribution in [0.4, 0.5) is 0 Å². The quantitative estimate of drug-likeness (QED) is 0.854. The van der Waals surface area contributed by atoms with E-state index in [2.05, 4.69) is 10.3 Å². The van der Waals surface area contributed by atoms with Gasteiger partial charge < -0.3 is 9.84 Å². The van der Waals surface area contributed by atoms with E-state index in [1.165, 1.54) is 0 Å². The predicted octanol–water partition coefficient (Wildman–Crippen LogP) is 1.04. The van der Waals surface area contributed by atoms with Gasteiger partial charge in [-0.25, -0.2) is 4.68 Å². The Bertz CT molecular complexity index is 551. The largest absolute Gasteiger partial charge is 0.481 e. The molecule has 2 rings (SSSR count). The highest BCUT2D eigenvalue weighted by molar-refractivity contribution is 5.69. The number of ether oxygens (including phenoxy) is 1. The van der Waals surface area contributed by atoms with Crippen molar-refractivity contribution in [3.8, 4) is 5.69 Å². The van der Waals surface area contributed by atoms with Crippen LogP contribution >= 0.6 is 0 Å². The zero-order valence-electron chi connectivity index (χ0n) is 9.91. The topological polar surface area (TPSA) is 77.2 Å². The summed E-state index contributed by atoms with van der Waals surface area (Å²) in [4.78, 5) is 10.6. The van der Waals surface area contributed by atoms with Gasteiger partial charge in [0.25, 0.3) is 0 Å². The van der Waals surface area contributed by atoms with Gasteiger partial charge in [0.1, 0.15) is 0 Å². The average molecular weight is 247 g/mol. The number of hydrogen-bond acceptors (Lipinski definition) is 4. The van der Waals surface area contributed by atoms with Crippen LogP contribution in [0.2, 0.25) is 0 Å². The summed E-state index contributed by atoms with van der Waals surface area (Å²) >= 11 is 0. The fourth-order valence-corrected chi connectivity index (χ4v) is 1.62. The van der Waals surface area contributed by atoms with Crippen molar-refractivity contribution in [1.29, 1.82) is 0 Å². The van der Waals surface area contributed by atoms with Gasteiger partial charge in [-0.1, -0.05) is 17.3 Å². The molecule has 0 amide bonds. The second kappa shape index (κ2) is 5.42. The van der Waals surface area contributed by atoms with Crippen LogP contribution in [0.1, 0.15) is 11.3 Å². The lowest BCUT2D eigenvalue weighted by atomic mass is 10.2. The Morgan fingerprint density at radius 1 is 1.50 bits per heavy atom. The maximum Gasteiger partial charge on any atom is 0.309 e. The highest BCUT2D eigenvalue weighted by Gasteiger charge is 2.07. The summed E-state index contributed by atoms with van der Waals surface area (Å²) in [6, 6.07) is 7.63. The summed E-state index contributed by atoms with van der Waals surface area (Å²) < 4.78 is 6.61. The van der Waals surface area contributed by atoms with E-state index in [1.807, 2.05) is 24.3 Å². The number of nitrogens with zero attached hydrogens (tertiary/aromatic N) is 3. The van der Waals surface area contributed by atoms with Gasteiger partial charge in [0.15, 0.2) is 0 Å². The van der Waals surface area contributed by atoms with Crippen molar-refractivity contribution in [2.75, 3.05) is 7.11 Å². The van der Waals surface area contributed by atoms with E-state index >= 15 is 0 Å². The summed E-state index contributed by atoms with van der Waals surface area (Å²) in [6.45, 7) is 0.518. The fraction of sp³-hybridized carbons (Fsp3) is 0.250. The van der Waals surface area contributed by atoms with Crippen LogP contribution < -0.4 is 0 Å². The van der Waals surface area contributed by atoms with Crippen molar-refractivity contribution in [3.63, 3.8) is 0 Å². The maximum atomic E-state index is 10.6. The third kappa shape index (κ3) is 2.92. The molecule has 0 aliphatic carbocycles. The van der Waals surface area contributed by atoms with E-state index in [0.717, 1.165) is 11.3 Å². The first-order valence-corrected chi connectivity index (χ1v) is 5.40. The Hall–Kier alpha value is -2.21. The molecule has 0 saturated carbocycles. The Kier molecular flexibility index (Phi) is 3.69. The number of aromatic nitrogens is 3. The molecule has 1 heterocycles. The number of aliphatic carboxylic acids is 1. The Morgan fingerprint density at radius 2 is 2.33 bits per heavy atom. The Labute approximate surface area is 104 Å². The number of rotatable bonds is 5. The number of hydrogen-bond donors (Lipinski definition) is 1. The zero-order chi connectivity index (χ0) is 13.0. The second-order valence-electron chi connectivity index (χ2n) is 3.83. The van der Waals surface area contributed by atoms with Crippen LogP contribution in [-0.4, -0.2) is 33.2 Å². The molecule has 1 N–H and O–H groups in total. The molecule has 0 radical (unpaired) electrons. The van der Waals surface area contributed by atoms with E-state index in [4.69, 9.17) is 9.84 Å². The van der Waals surface area contributed by atoms with Crippen molar-refractivity contribution >= 4 is 5.97 Å². The van der Waals surface area contributed by atoms with Gasteiger partial charge in [0, 0.05) is 7.11 Å². The Balaban J connectivity index is 2.22. The van der Waals surface area contributed by atoms with Crippen LogP contribution in [0.3, 0.4) is 0 Å². The molecule has 0 spiro atoms. The highest BCUT2D eigenvalue weighted by Crippen LogP contribution is 2.11. The standard InChI is InChI=1S/C12H13N3O3/c1-18-8-9-3-2-4-11(5-9)15-7-10(13-14-15)6-12(16)17/h2-5,7H,6,8H2,1H3,(H,16,17). The molecule has 0 fully saturated rings. The lowest BCUT2D eigenvalue weighted by Crippen LogP contribution is -2.00. The second-order valence-corrected chi connectivity index (χ2v) is 3.83. The minimum Gasteiger partial charge on any atom is -0.481 e. The molecule has 6 heteroatoms. The van der Waals surface area contributed by atoms with Crippen LogP contribution in [0.15, 0.2) is 30.5 Å². The zero-order valence-corrected chi connectivity index (χ0v) is 9.91. The number of benzene rings is 1. The smallest absolute Gasteiger partial charge is 0.309 e. The summed E-state index contributed by atoms with van der Waals surface area (Å²) in [5, 5.41) is 16.4. The highest BCUT2D eigenvalue weighted by atomic mass is 16.5. The lowest BCUT2D eigenvalue weighted by Gasteiger charge is -2.03. The van der Waals surface area contributed by atoms with Gasteiger partial charge in [-0.15, -0.1) is 5.10 Å². The first kappa shape index (κ1) is 12.3. The predicted molar refractivity (Wildman–Crippen MR) is 63.4 cm³/mol. The van der Waals surface area contributed by atoms with Gasteiger partial charge >= 0.3 is 5.97 Å². The molecule has 0 aliphatic heterocycles. The third-order valence-electron chi connectivity index (χ3n) is 2.36. The number of carboxylic acids is 1. The fourth-order valence-electron chi connectivity index (χ4n) is 1.62. The van der Waals surface area contributed by atoms with Crippen molar-refractivity contribution in [2.45, 2.75) is 13.0 Å². The summed E-state index contributed by atoms with van der Waals surface area (Å²) in [5.41, 5.74) is 2.28. The van der Waals surface area contributed by atoms with Crippen molar-refractivity contribution < 1.29 is 14.6 Å². The monoisotopic (exact) mass is 247 g/mol. The molecule has 0 atom stereocenters. The molecule has 0 bridgehead atoms. The van der Waals surface area contributed by atoms with Crippen LogP contribution in [0.5, 0.6) is 0 Å². The van der Waals surface area contributed by atoms with E-state index in [0.29, 0.717) is 12.3 Å². The van der Waals surface area contributed by atoms with Gasteiger partial charge in [-0.05, 0) is 17.7 Å². The molecule has 1 aromatic carbocycles. The first-order chi connectivity index (χ1) is 8.69. The third-order valence-corrected chi connectivity index (χ3v) is 2.36. The van der Waals surface area contributed by atoms with Gasteiger partial charge in [-0.3, -0.25) is 4.79 Å². The molecular weight excluding hydrogens is 234 g/mol. The molecule has 0 unspecified atom stereocenters. The van der Waals surface area contributed by atoms with Crippen LogP contribution in [0.25, 0.3) is 5.69 Å². The van der Waals surface area contributed by atoms with E-state index < -0.39 is 5.97 Å². The number of carbonyl (C=O) groups is 1. The van der Waals surface area contributed by atoms with Crippen LogP contribution in [0, 0.1) is 0 Å². The molecule has 0 saturated heterocycles. The number of methoxy groups -OCH3 is 1. The minimum atomic E-state index is -0.921. The summed E-state index contributed by atoms with van der Waals surface area (Å²) in [6.07, 6.45) is 1.48. The number of carboxylic acid groups (broad SMARTS) is 1. The van der Waals surface area contributed by atoms with Gasteiger partial charge in [0.05, 0.1) is 30.6 Å². The maximum absolute atomic E-state index is 10.6. The normalized spacial score (nSPS) is 10.5. The molecule has 1 aromatic heterocycles. The molecule has 94 valence electrons. The Morgan fingerprint density at radius 3 is 3.06 bits per heavy atom. The SMILES string of the molecule is COCc1cccc(-n2cc(CC(=O)O)nn2)c1. The molecule has 0 aliphatic rings.